The number of hydrogen-bond donors (Lipinski definition) is 1. The van der Waals surface area contributed by atoms with Gasteiger partial charge < -0.3 is 15.0 Å². The van der Waals surface area contributed by atoms with Crippen molar-refractivity contribution in [1.82, 2.24) is 15.0 Å². The maximum absolute atomic E-state index is 12.6. The fourth-order valence-electron chi connectivity index (χ4n) is 3.47. The Morgan fingerprint density at radius 1 is 1.20 bits per heavy atom. The number of hydrogen-bond acceptors (Lipinski definition) is 6. The molecule has 0 spiro atoms. The number of ether oxygens (including phenoxy) is 1. The van der Waals surface area contributed by atoms with Gasteiger partial charge >= 0.3 is 0 Å². The molecule has 1 aromatic heterocycles. The van der Waals surface area contributed by atoms with Gasteiger partial charge in [0.1, 0.15) is 11.3 Å². The molecule has 1 fully saturated rings. The molecule has 1 aliphatic rings. The lowest BCUT2D eigenvalue weighted by atomic mass is 10.2. The van der Waals surface area contributed by atoms with E-state index in [4.69, 9.17) is 4.74 Å². The van der Waals surface area contributed by atoms with Gasteiger partial charge in [0.25, 0.3) is 5.56 Å². The summed E-state index contributed by atoms with van der Waals surface area (Å²) in [6.45, 7) is 0.695. The zero-order valence-electron chi connectivity index (χ0n) is 16.5. The maximum Gasteiger partial charge on any atom is 0.277 e. The third kappa shape index (κ3) is 3.86. The highest BCUT2D eigenvalue weighted by Gasteiger charge is 2.24. The van der Waals surface area contributed by atoms with Crippen LogP contribution in [0.3, 0.4) is 0 Å². The number of nitrogens with zero attached hydrogens (tertiary/aromatic N) is 4. The number of amides is 2. The van der Waals surface area contributed by atoms with Crippen LogP contribution in [0.4, 0.5) is 11.4 Å². The van der Waals surface area contributed by atoms with E-state index >= 15 is 0 Å². The van der Waals surface area contributed by atoms with Gasteiger partial charge in [0, 0.05) is 25.5 Å². The van der Waals surface area contributed by atoms with Crippen molar-refractivity contribution < 1.29 is 14.3 Å². The van der Waals surface area contributed by atoms with E-state index in [2.05, 4.69) is 15.6 Å². The summed E-state index contributed by atoms with van der Waals surface area (Å²) in [6, 6.07) is 12.1. The normalized spacial score (nSPS) is 13.6. The molecule has 1 N–H and O–H groups in total. The Morgan fingerprint density at radius 2 is 2.03 bits per heavy atom. The Labute approximate surface area is 172 Å². The van der Waals surface area contributed by atoms with Gasteiger partial charge in [0.05, 0.1) is 30.4 Å². The lowest BCUT2D eigenvalue weighted by Crippen LogP contribution is -2.28. The molecule has 9 nitrogen and oxygen atoms in total. The number of aryl methyl sites for hydroxylation is 1. The summed E-state index contributed by atoms with van der Waals surface area (Å²) in [5.74, 6) is 0.281. The molecule has 1 aliphatic heterocycles. The molecule has 2 aromatic carbocycles. The quantitative estimate of drug-likeness (QED) is 0.669. The maximum atomic E-state index is 12.6. The van der Waals surface area contributed by atoms with Gasteiger partial charge in [-0.15, -0.1) is 5.10 Å². The summed E-state index contributed by atoms with van der Waals surface area (Å²) < 4.78 is 6.43. The molecule has 1 saturated heterocycles. The van der Waals surface area contributed by atoms with Crippen LogP contribution in [0.2, 0.25) is 0 Å². The molecule has 2 amide bonds. The second-order valence-corrected chi connectivity index (χ2v) is 6.97. The van der Waals surface area contributed by atoms with Crippen LogP contribution in [-0.4, -0.2) is 40.5 Å². The highest BCUT2D eigenvalue weighted by Crippen LogP contribution is 2.33. The first-order valence-corrected chi connectivity index (χ1v) is 9.67. The third-order valence-corrected chi connectivity index (χ3v) is 5.02. The summed E-state index contributed by atoms with van der Waals surface area (Å²) in [5, 5.41) is 11.2. The van der Waals surface area contributed by atoms with Crippen LogP contribution in [0.15, 0.2) is 47.3 Å². The Morgan fingerprint density at radius 3 is 2.80 bits per heavy atom. The number of benzene rings is 2. The number of carbonyl (C=O) groups excluding carboxylic acids is 2. The first-order valence-electron chi connectivity index (χ1n) is 9.67. The Balaban J connectivity index is 1.51. The minimum Gasteiger partial charge on any atom is -0.497 e. The van der Waals surface area contributed by atoms with Gasteiger partial charge in [-0.25, -0.2) is 4.68 Å². The van der Waals surface area contributed by atoms with Gasteiger partial charge in [-0.3, -0.25) is 14.4 Å². The first-order chi connectivity index (χ1) is 14.6. The predicted molar refractivity (Wildman–Crippen MR) is 112 cm³/mol. The van der Waals surface area contributed by atoms with E-state index in [1.54, 1.807) is 47.4 Å². The minimum atomic E-state index is -0.307. The topological polar surface area (TPSA) is 106 Å². The summed E-state index contributed by atoms with van der Waals surface area (Å²) in [7, 11) is 1.53. The van der Waals surface area contributed by atoms with Crippen molar-refractivity contribution in [2.75, 3.05) is 23.9 Å². The van der Waals surface area contributed by atoms with Crippen LogP contribution >= 0.6 is 0 Å². The molecule has 154 valence electrons. The van der Waals surface area contributed by atoms with Crippen molar-refractivity contribution in [3.05, 3.63) is 52.8 Å². The molecule has 9 heteroatoms. The van der Waals surface area contributed by atoms with Crippen LogP contribution in [0.1, 0.15) is 19.3 Å². The number of fused-ring (bicyclic) bond motifs is 1. The highest BCUT2D eigenvalue weighted by atomic mass is 16.5. The van der Waals surface area contributed by atoms with Gasteiger partial charge in [0.2, 0.25) is 11.8 Å². The average Bonchev–Trinajstić information content (AvgIpc) is 3.19. The molecular weight excluding hydrogens is 386 g/mol. The van der Waals surface area contributed by atoms with Crippen LogP contribution in [0, 0.1) is 0 Å². The molecule has 0 saturated carbocycles. The van der Waals surface area contributed by atoms with Gasteiger partial charge in [-0.2, -0.15) is 0 Å². The zero-order valence-corrected chi connectivity index (χ0v) is 16.5. The van der Waals surface area contributed by atoms with E-state index in [0.717, 1.165) is 6.42 Å². The lowest BCUT2D eigenvalue weighted by Gasteiger charge is -2.20. The lowest BCUT2D eigenvalue weighted by molar-refractivity contribution is -0.117. The molecule has 30 heavy (non-hydrogen) atoms. The van der Waals surface area contributed by atoms with E-state index in [1.807, 2.05) is 0 Å². The minimum absolute atomic E-state index is 0.0219. The Hall–Kier alpha value is -3.75. The SMILES string of the molecule is COc1ccc(N2CCCC2=O)c(NC(=O)CCn2nnc3ccccc3c2=O)c1. The van der Waals surface area contributed by atoms with E-state index in [9.17, 15) is 14.4 Å². The number of rotatable bonds is 6. The molecule has 0 atom stereocenters. The van der Waals surface area contributed by atoms with Crippen LogP contribution in [0.25, 0.3) is 10.9 Å². The van der Waals surface area contributed by atoms with E-state index in [-0.39, 0.29) is 30.3 Å². The van der Waals surface area contributed by atoms with Crippen molar-refractivity contribution in [1.29, 1.82) is 0 Å². The fourth-order valence-corrected chi connectivity index (χ4v) is 3.47. The largest absolute Gasteiger partial charge is 0.497 e. The summed E-state index contributed by atoms with van der Waals surface area (Å²) in [5.41, 5.74) is 1.35. The number of methoxy groups -OCH3 is 1. The molecule has 4 rings (SSSR count). The van der Waals surface area contributed by atoms with Gasteiger partial charge in [0.15, 0.2) is 0 Å². The van der Waals surface area contributed by atoms with E-state index in [1.165, 1.54) is 11.8 Å². The zero-order chi connectivity index (χ0) is 21.1. The van der Waals surface area contributed by atoms with Crippen molar-refractivity contribution in [3.63, 3.8) is 0 Å². The number of anilines is 2. The standard InChI is InChI=1S/C21H21N5O4/c1-30-14-8-9-18(25-11-4-7-20(25)28)17(13-14)22-19(27)10-12-26-21(29)15-5-2-3-6-16(15)23-24-26/h2-3,5-6,8-9,13H,4,7,10-12H2,1H3,(H,22,27). The molecule has 0 radical (unpaired) electrons. The van der Waals surface area contributed by atoms with Crippen LogP contribution in [-0.2, 0) is 16.1 Å². The predicted octanol–water partition coefficient (Wildman–Crippen LogP) is 1.96. The Bertz CT molecular complexity index is 1170. The number of aromatic nitrogens is 3. The van der Waals surface area contributed by atoms with Crippen LogP contribution < -0.4 is 20.5 Å². The van der Waals surface area contributed by atoms with Crippen molar-refractivity contribution in [3.8, 4) is 5.75 Å². The molecule has 3 aromatic rings. The molecule has 2 heterocycles. The van der Waals surface area contributed by atoms with Gasteiger partial charge in [-0.1, -0.05) is 17.3 Å². The van der Waals surface area contributed by atoms with Crippen LogP contribution in [0.5, 0.6) is 5.75 Å². The van der Waals surface area contributed by atoms with E-state index in [0.29, 0.717) is 41.0 Å². The second kappa shape index (κ2) is 8.32. The Kier molecular flexibility index (Phi) is 5.42. The molecule has 0 bridgehead atoms. The van der Waals surface area contributed by atoms with Gasteiger partial charge in [-0.05, 0) is 30.7 Å². The monoisotopic (exact) mass is 407 g/mol. The fraction of sp³-hybridized carbons (Fsp3) is 0.286. The molecular formula is C21H21N5O4. The number of nitrogens with one attached hydrogen (secondary N) is 1. The van der Waals surface area contributed by atoms with Crippen molar-refractivity contribution in [2.24, 2.45) is 0 Å². The molecule has 0 unspecified atom stereocenters. The summed E-state index contributed by atoms with van der Waals surface area (Å²) in [6.07, 6.45) is 1.29. The third-order valence-electron chi connectivity index (χ3n) is 5.02. The second-order valence-electron chi connectivity index (χ2n) is 6.97. The molecule has 0 aliphatic carbocycles. The van der Waals surface area contributed by atoms with Crippen molar-refractivity contribution >= 4 is 34.1 Å². The summed E-state index contributed by atoms with van der Waals surface area (Å²) in [4.78, 5) is 38.9. The smallest absolute Gasteiger partial charge is 0.277 e. The summed E-state index contributed by atoms with van der Waals surface area (Å²) >= 11 is 0. The highest BCUT2D eigenvalue weighted by molar-refractivity contribution is 6.02. The average molecular weight is 407 g/mol. The first kappa shape index (κ1) is 19.6. The van der Waals surface area contributed by atoms with Crippen molar-refractivity contribution in [2.45, 2.75) is 25.8 Å². The van der Waals surface area contributed by atoms with E-state index < -0.39 is 0 Å². The number of carbonyl (C=O) groups is 2.